The molecule has 110 valence electrons. The molecule has 20 heavy (non-hydrogen) atoms. The van der Waals surface area contributed by atoms with Gasteiger partial charge >= 0.3 is 0 Å². The summed E-state index contributed by atoms with van der Waals surface area (Å²) in [4.78, 5) is 0. The highest BCUT2D eigenvalue weighted by Crippen LogP contribution is 2.32. The molecule has 0 fully saturated rings. The Kier molecular flexibility index (Phi) is 5.48. The van der Waals surface area contributed by atoms with Gasteiger partial charge in [-0.05, 0) is 49.1 Å². The highest BCUT2D eigenvalue weighted by Gasteiger charge is 2.11. The molecule has 1 aliphatic heterocycles. The fourth-order valence-corrected chi connectivity index (χ4v) is 2.24. The monoisotopic (exact) mass is 275 g/mol. The molecule has 0 amide bonds. The molecule has 1 N–H and O–H groups in total. The Morgan fingerprint density at radius 3 is 2.70 bits per heavy atom. The summed E-state index contributed by atoms with van der Waals surface area (Å²) in [6, 6.07) is 6.28. The van der Waals surface area contributed by atoms with Crippen molar-refractivity contribution in [2.24, 2.45) is 5.92 Å². The van der Waals surface area contributed by atoms with E-state index in [0.29, 0.717) is 19.1 Å². The summed E-state index contributed by atoms with van der Waals surface area (Å²) in [6.07, 6.45) is 3.32. The van der Waals surface area contributed by atoms with E-state index in [1.807, 2.05) is 13.0 Å². The van der Waals surface area contributed by atoms with Crippen molar-refractivity contribution in [3.63, 3.8) is 0 Å². The third kappa shape index (κ3) is 4.01. The maximum absolute atomic E-state index is 5.84. The summed E-state index contributed by atoms with van der Waals surface area (Å²) in [7, 11) is 0. The molecule has 0 radical (unpaired) electrons. The van der Waals surface area contributed by atoms with Gasteiger partial charge in [-0.15, -0.1) is 0 Å². The van der Waals surface area contributed by atoms with E-state index in [9.17, 15) is 0 Å². The van der Waals surface area contributed by atoms with E-state index < -0.39 is 0 Å². The number of benzene rings is 1. The summed E-state index contributed by atoms with van der Waals surface area (Å²) in [5.41, 5.74) is 2.63. The summed E-state index contributed by atoms with van der Waals surface area (Å²) in [5, 5.41) is 3.34. The zero-order valence-corrected chi connectivity index (χ0v) is 12.7. The van der Waals surface area contributed by atoms with Gasteiger partial charge in [0.25, 0.3) is 0 Å². The number of ether oxygens (including phenoxy) is 2. The lowest BCUT2D eigenvalue weighted by Crippen LogP contribution is -2.20. The molecule has 1 aromatic rings. The topological polar surface area (TPSA) is 30.5 Å². The van der Waals surface area contributed by atoms with Crippen molar-refractivity contribution in [1.82, 2.24) is 5.32 Å². The lowest BCUT2D eigenvalue weighted by Gasteiger charge is -2.18. The molecule has 0 aliphatic carbocycles. The van der Waals surface area contributed by atoms with Gasteiger partial charge in [0.2, 0.25) is 0 Å². The predicted molar refractivity (Wildman–Crippen MR) is 83.4 cm³/mol. The van der Waals surface area contributed by atoms with Gasteiger partial charge in [0.15, 0.2) is 11.5 Å². The highest BCUT2D eigenvalue weighted by molar-refractivity contribution is 5.69. The van der Waals surface area contributed by atoms with Gasteiger partial charge in [0.05, 0.1) is 13.2 Å². The van der Waals surface area contributed by atoms with Crippen molar-refractivity contribution < 1.29 is 9.47 Å². The zero-order chi connectivity index (χ0) is 14.4. The molecule has 0 saturated carbocycles. The molecule has 0 saturated heterocycles. The fraction of sp³-hybridized carbons (Fsp3) is 0.529. The number of nitrogens with one attached hydrogen (secondary N) is 1. The second kappa shape index (κ2) is 7.34. The normalized spacial score (nSPS) is 15.1. The molecule has 3 heteroatoms. The van der Waals surface area contributed by atoms with E-state index in [1.54, 1.807) is 0 Å². The van der Waals surface area contributed by atoms with Crippen LogP contribution in [-0.4, -0.2) is 26.3 Å². The van der Waals surface area contributed by atoms with Crippen LogP contribution in [0.2, 0.25) is 0 Å². The maximum Gasteiger partial charge on any atom is 0.161 e. The van der Waals surface area contributed by atoms with E-state index in [2.05, 4.69) is 37.4 Å². The van der Waals surface area contributed by atoms with Gasteiger partial charge in [0, 0.05) is 6.54 Å². The Morgan fingerprint density at radius 1 is 1.20 bits per heavy atom. The minimum absolute atomic E-state index is 0.510. The minimum atomic E-state index is 0.510. The molecule has 3 nitrogen and oxygen atoms in total. The molecule has 0 bridgehead atoms. The van der Waals surface area contributed by atoms with Crippen LogP contribution in [-0.2, 0) is 0 Å². The first kappa shape index (κ1) is 14.9. The van der Waals surface area contributed by atoms with Crippen LogP contribution in [0.3, 0.4) is 0 Å². The van der Waals surface area contributed by atoms with Crippen LogP contribution in [0.1, 0.15) is 32.8 Å². The van der Waals surface area contributed by atoms with Crippen molar-refractivity contribution in [2.75, 3.05) is 26.3 Å². The lowest BCUT2D eigenvalue weighted by atomic mass is 10.00. The summed E-state index contributed by atoms with van der Waals surface area (Å²) in [5.74, 6) is 2.21. The standard InChI is InChI=1S/C17H25NO2/c1-4-19-17-11-15(14-7-9-18-10-8-14)5-6-16(17)20-12-13(2)3/h5-7,11,13,18H,4,8-10,12H2,1-3H3. The molecule has 0 atom stereocenters. The molecule has 1 aromatic carbocycles. The Hall–Kier alpha value is -1.48. The van der Waals surface area contributed by atoms with Gasteiger partial charge < -0.3 is 14.8 Å². The van der Waals surface area contributed by atoms with Crippen LogP contribution in [0.25, 0.3) is 5.57 Å². The Bertz CT molecular complexity index is 466. The van der Waals surface area contributed by atoms with Crippen molar-refractivity contribution in [1.29, 1.82) is 0 Å². The number of hydrogen-bond donors (Lipinski definition) is 1. The van der Waals surface area contributed by atoms with Gasteiger partial charge in [0.1, 0.15) is 0 Å². The van der Waals surface area contributed by atoms with E-state index in [1.165, 1.54) is 11.1 Å². The van der Waals surface area contributed by atoms with Crippen LogP contribution in [0, 0.1) is 5.92 Å². The summed E-state index contributed by atoms with van der Waals surface area (Å²) in [6.45, 7) is 9.66. The Morgan fingerprint density at radius 2 is 2.05 bits per heavy atom. The molecule has 2 rings (SSSR count). The van der Waals surface area contributed by atoms with Crippen LogP contribution >= 0.6 is 0 Å². The highest BCUT2D eigenvalue weighted by atomic mass is 16.5. The lowest BCUT2D eigenvalue weighted by molar-refractivity contribution is 0.248. The molecule has 0 aromatic heterocycles. The van der Waals surface area contributed by atoms with E-state index in [-0.39, 0.29) is 0 Å². The smallest absolute Gasteiger partial charge is 0.161 e. The van der Waals surface area contributed by atoms with Crippen molar-refractivity contribution in [3.05, 3.63) is 29.8 Å². The number of rotatable bonds is 6. The predicted octanol–water partition coefficient (Wildman–Crippen LogP) is 3.50. The van der Waals surface area contributed by atoms with Gasteiger partial charge in [-0.2, -0.15) is 0 Å². The SMILES string of the molecule is CCOc1cc(C2=CCNCC2)ccc1OCC(C)C. The molecule has 1 heterocycles. The molecular formula is C17H25NO2. The average molecular weight is 275 g/mol. The number of hydrogen-bond acceptors (Lipinski definition) is 3. The first-order valence-electron chi connectivity index (χ1n) is 7.50. The van der Waals surface area contributed by atoms with E-state index in [0.717, 1.165) is 31.0 Å². The third-order valence-electron chi connectivity index (χ3n) is 3.25. The van der Waals surface area contributed by atoms with Crippen LogP contribution < -0.4 is 14.8 Å². The minimum Gasteiger partial charge on any atom is -0.490 e. The zero-order valence-electron chi connectivity index (χ0n) is 12.7. The molecule has 0 unspecified atom stereocenters. The van der Waals surface area contributed by atoms with Crippen LogP contribution in [0.5, 0.6) is 11.5 Å². The van der Waals surface area contributed by atoms with Crippen LogP contribution in [0.4, 0.5) is 0 Å². The van der Waals surface area contributed by atoms with Crippen LogP contribution in [0.15, 0.2) is 24.3 Å². The molecular weight excluding hydrogens is 250 g/mol. The summed E-state index contributed by atoms with van der Waals surface area (Å²) >= 11 is 0. The van der Waals surface area contributed by atoms with E-state index >= 15 is 0 Å². The van der Waals surface area contributed by atoms with Gasteiger partial charge in [-0.1, -0.05) is 26.0 Å². The molecule has 1 aliphatic rings. The van der Waals surface area contributed by atoms with Crippen molar-refractivity contribution in [3.8, 4) is 11.5 Å². The second-order valence-electron chi connectivity index (χ2n) is 5.48. The first-order chi connectivity index (χ1) is 9.70. The first-order valence-corrected chi connectivity index (χ1v) is 7.50. The largest absolute Gasteiger partial charge is 0.490 e. The Balaban J connectivity index is 2.19. The molecule has 0 spiro atoms. The fourth-order valence-electron chi connectivity index (χ4n) is 2.24. The van der Waals surface area contributed by atoms with Gasteiger partial charge in [-0.25, -0.2) is 0 Å². The summed E-state index contributed by atoms with van der Waals surface area (Å²) < 4.78 is 11.6. The second-order valence-corrected chi connectivity index (χ2v) is 5.48. The maximum atomic E-state index is 5.84. The Labute approximate surface area is 122 Å². The van der Waals surface area contributed by atoms with Crippen molar-refractivity contribution in [2.45, 2.75) is 27.2 Å². The third-order valence-corrected chi connectivity index (χ3v) is 3.25. The quantitative estimate of drug-likeness (QED) is 0.862. The van der Waals surface area contributed by atoms with E-state index in [4.69, 9.17) is 9.47 Å². The van der Waals surface area contributed by atoms with Crippen molar-refractivity contribution >= 4 is 5.57 Å². The average Bonchev–Trinajstić information content (AvgIpc) is 2.47. The van der Waals surface area contributed by atoms with Gasteiger partial charge in [-0.3, -0.25) is 0 Å².